The minimum Gasteiger partial charge on any atom is -0.369 e. The fourth-order valence-corrected chi connectivity index (χ4v) is 6.48. The summed E-state index contributed by atoms with van der Waals surface area (Å²) in [6.45, 7) is 6.37. The van der Waals surface area contributed by atoms with Gasteiger partial charge in [-0.2, -0.15) is 0 Å². The molecule has 6 nitrogen and oxygen atoms in total. The Morgan fingerprint density at radius 3 is 2.38 bits per heavy atom. The van der Waals surface area contributed by atoms with Crippen molar-refractivity contribution in [2.24, 2.45) is 5.92 Å². The Hall–Kier alpha value is -3.90. The second kappa shape index (κ2) is 10.7. The van der Waals surface area contributed by atoms with Crippen LogP contribution in [0.15, 0.2) is 89.9 Å². The van der Waals surface area contributed by atoms with E-state index in [0.717, 1.165) is 56.1 Å². The molecule has 200 valence electrons. The van der Waals surface area contributed by atoms with Gasteiger partial charge in [0.05, 0.1) is 0 Å². The van der Waals surface area contributed by atoms with Gasteiger partial charge in [0, 0.05) is 60.2 Å². The Morgan fingerprint density at radius 2 is 1.62 bits per heavy atom. The van der Waals surface area contributed by atoms with Gasteiger partial charge in [-0.25, -0.2) is 0 Å². The molecule has 1 aliphatic carbocycles. The Morgan fingerprint density at radius 1 is 0.897 bits per heavy atom. The first-order valence-corrected chi connectivity index (χ1v) is 14.1. The second-order valence-electron chi connectivity index (χ2n) is 11.1. The average Bonchev–Trinajstić information content (AvgIpc) is 2.99. The number of aromatic amines is 1. The molecule has 2 N–H and O–H groups in total. The summed E-state index contributed by atoms with van der Waals surface area (Å²) >= 11 is 0. The number of carbonyl (C=O) groups is 1. The highest BCUT2D eigenvalue weighted by Crippen LogP contribution is 2.45. The molecule has 1 amide bonds. The molecular weight excluding hydrogens is 484 g/mol. The maximum atomic E-state index is 13.2. The third-order valence-corrected chi connectivity index (χ3v) is 8.80. The smallest absolute Gasteiger partial charge is 0.261 e. The number of fused-ring (bicyclic) bond motifs is 1. The highest BCUT2D eigenvalue weighted by molar-refractivity contribution is 6.05. The average molecular weight is 521 g/mol. The number of H-pyrrole nitrogens is 1. The van der Waals surface area contributed by atoms with E-state index in [-0.39, 0.29) is 22.4 Å². The lowest BCUT2D eigenvalue weighted by Gasteiger charge is -2.51. The molecule has 1 saturated carbocycles. The molecule has 39 heavy (non-hydrogen) atoms. The Labute approximate surface area is 229 Å². The summed E-state index contributed by atoms with van der Waals surface area (Å²) in [6, 6.07) is 26.3. The van der Waals surface area contributed by atoms with Gasteiger partial charge in [0.2, 0.25) is 5.43 Å². The lowest BCUT2D eigenvalue weighted by Crippen LogP contribution is -2.56. The number of anilines is 2. The van der Waals surface area contributed by atoms with Crippen LogP contribution >= 0.6 is 0 Å². The van der Waals surface area contributed by atoms with Crippen LogP contribution in [0.25, 0.3) is 10.9 Å². The molecule has 2 aliphatic rings. The Balaban J connectivity index is 1.25. The number of hydrogen-bond donors (Lipinski definition) is 2. The van der Waals surface area contributed by atoms with E-state index in [1.54, 1.807) is 6.07 Å². The molecule has 0 bridgehead atoms. The molecule has 1 aromatic heterocycles. The minimum atomic E-state index is -0.387. The fourth-order valence-electron chi connectivity index (χ4n) is 6.48. The third-order valence-electron chi connectivity index (χ3n) is 8.80. The van der Waals surface area contributed by atoms with E-state index >= 15 is 0 Å². The summed E-state index contributed by atoms with van der Waals surface area (Å²) in [6.07, 6.45) is 6.13. The summed E-state index contributed by atoms with van der Waals surface area (Å²) in [4.78, 5) is 34.5. The highest BCUT2D eigenvalue weighted by atomic mass is 16.2. The van der Waals surface area contributed by atoms with Gasteiger partial charge in [-0.15, -0.1) is 0 Å². The molecule has 6 rings (SSSR count). The van der Waals surface area contributed by atoms with Crippen LogP contribution in [-0.4, -0.2) is 42.0 Å². The summed E-state index contributed by atoms with van der Waals surface area (Å²) in [5.41, 5.74) is 3.82. The molecule has 6 heteroatoms. The van der Waals surface area contributed by atoms with E-state index in [0.29, 0.717) is 5.39 Å². The normalized spacial score (nSPS) is 22.1. The first kappa shape index (κ1) is 25.4. The van der Waals surface area contributed by atoms with Gasteiger partial charge in [-0.3, -0.25) is 14.5 Å². The van der Waals surface area contributed by atoms with Crippen molar-refractivity contribution in [3.05, 3.63) is 106 Å². The van der Waals surface area contributed by atoms with Crippen LogP contribution in [0.1, 0.15) is 48.5 Å². The van der Waals surface area contributed by atoms with Gasteiger partial charge in [-0.05, 0) is 73.6 Å². The van der Waals surface area contributed by atoms with Crippen molar-refractivity contribution < 1.29 is 4.79 Å². The van der Waals surface area contributed by atoms with E-state index in [4.69, 9.17) is 0 Å². The molecule has 0 atom stereocenters. The van der Waals surface area contributed by atoms with E-state index in [2.05, 4.69) is 69.5 Å². The number of benzene rings is 3. The van der Waals surface area contributed by atoms with Crippen molar-refractivity contribution >= 4 is 28.2 Å². The summed E-state index contributed by atoms with van der Waals surface area (Å²) in [7, 11) is 0. The van der Waals surface area contributed by atoms with Crippen LogP contribution in [0.2, 0.25) is 0 Å². The van der Waals surface area contributed by atoms with Crippen molar-refractivity contribution in [2.75, 3.05) is 36.4 Å². The number of piperazine rings is 1. The lowest BCUT2D eigenvalue weighted by atomic mass is 9.71. The van der Waals surface area contributed by atoms with E-state index in [9.17, 15) is 9.59 Å². The number of hydrogen-bond acceptors (Lipinski definition) is 4. The van der Waals surface area contributed by atoms with Crippen molar-refractivity contribution in [2.45, 2.75) is 38.1 Å². The Bertz CT molecular complexity index is 1510. The zero-order valence-corrected chi connectivity index (χ0v) is 22.5. The van der Waals surface area contributed by atoms with Gasteiger partial charge >= 0.3 is 0 Å². The summed E-state index contributed by atoms with van der Waals surface area (Å²) in [5.74, 6) is 0.341. The first-order chi connectivity index (χ1) is 19.0. The van der Waals surface area contributed by atoms with Gasteiger partial charge < -0.3 is 15.2 Å². The Kier molecular flexibility index (Phi) is 6.96. The SMILES string of the molecule is CC1CCC(c2cccc(NC(=O)c3c[nH]c4ccccc4c3=O)c2)(N2CCN(c3ccccc3)CC2)CC1. The molecule has 0 radical (unpaired) electrons. The number of para-hydroxylation sites is 2. The number of nitrogens with one attached hydrogen (secondary N) is 2. The molecule has 3 aromatic carbocycles. The van der Waals surface area contributed by atoms with Crippen LogP contribution in [0.4, 0.5) is 11.4 Å². The van der Waals surface area contributed by atoms with Crippen molar-refractivity contribution in [3.63, 3.8) is 0 Å². The topological polar surface area (TPSA) is 68.4 Å². The minimum absolute atomic E-state index is 0.0452. The van der Waals surface area contributed by atoms with Crippen LogP contribution in [0.3, 0.4) is 0 Å². The van der Waals surface area contributed by atoms with E-state index in [1.165, 1.54) is 30.3 Å². The summed E-state index contributed by atoms with van der Waals surface area (Å²) in [5, 5.41) is 3.53. The zero-order valence-electron chi connectivity index (χ0n) is 22.5. The van der Waals surface area contributed by atoms with E-state index in [1.807, 2.05) is 30.3 Å². The molecular formula is C33H36N4O2. The van der Waals surface area contributed by atoms with Crippen LogP contribution < -0.4 is 15.6 Å². The molecule has 0 spiro atoms. The fraction of sp³-hybridized carbons (Fsp3) is 0.333. The molecule has 1 saturated heterocycles. The molecule has 0 unspecified atom stereocenters. The predicted molar refractivity (Wildman–Crippen MR) is 159 cm³/mol. The monoisotopic (exact) mass is 520 g/mol. The molecule has 2 fully saturated rings. The lowest BCUT2D eigenvalue weighted by molar-refractivity contribution is 0.0299. The van der Waals surface area contributed by atoms with Gasteiger partial charge in [0.25, 0.3) is 5.91 Å². The first-order valence-electron chi connectivity index (χ1n) is 14.1. The number of aromatic nitrogens is 1. The van der Waals surface area contributed by atoms with Crippen molar-refractivity contribution in [1.29, 1.82) is 0 Å². The summed E-state index contributed by atoms with van der Waals surface area (Å²) < 4.78 is 0. The number of pyridine rings is 1. The number of carbonyl (C=O) groups excluding carboxylic acids is 1. The largest absolute Gasteiger partial charge is 0.369 e. The maximum Gasteiger partial charge on any atom is 0.261 e. The molecule has 4 aromatic rings. The van der Waals surface area contributed by atoms with Crippen molar-refractivity contribution in [1.82, 2.24) is 9.88 Å². The van der Waals surface area contributed by atoms with E-state index < -0.39 is 0 Å². The van der Waals surface area contributed by atoms with Crippen LogP contribution in [0, 0.1) is 5.92 Å². The highest BCUT2D eigenvalue weighted by Gasteiger charge is 2.42. The standard InChI is InChI=1S/C33H36N4O2/c1-24-14-16-33(17-15-24,37-20-18-36(19-21-37)27-10-3-2-4-11-27)25-8-7-9-26(22-25)35-32(39)29-23-34-30-13-6-5-12-28(30)31(29)38/h2-13,22-24H,14-21H2,1H3,(H,34,38)(H,35,39). The number of nitrogens with zero attached hydrogens (tertiary/aromatic N) is 2. The van der Waals surface area contributed by atoms with Crippen molar-refractivity contribution in [3.8, 4) is 0 Å². The number of rotatable bonds is 5. The zero-order chi connectivity index (χ0) is 26.8. The van der Waals surface area contributed by atoms with Crippen LogP contribution in [-0.2, 0) is 5.54 Å². The third kappa shape index (κ3) is 4.97. The molecule has 1 aliphatic heterocycles. The van der Waals surface area contributed by atoms with Gasteiger partial charge in [0.15, 0.2) is 0 Å². The van der Waals surface area contributed by atoms with Gasteiger partial charge in [0.1, 0.15) is 5.56 Å². The number of amides is 1. The quantitative estimate of drug-likeness (QED) is 0.338. The second-order valence-corrected chi connectivity index (χ2v) is 11.1. The predicted octanol–water partition coefficient (Wildman–Crippen LogP) is 6.01. The van der Waals surface area contributed by atoms with Crippen LogP contribution in [0.5, 0.6) is 0 Å². The maximum absolute atomic E-state index is 13.2. The molecule has 2 heterocycles. The van der Waals surface area contributed by atoms with Gasteiger partial charge in [-0.1, -0.05) is 49.4 Å².